The van der Waals surface area contributed by atoms with E-state index in [1.54, 1.807) is 6.20 Å². The Bertz CT molecular complexity index is 379. The normalized spacial score (nSPS) is 23.5. The van der Waals surface area contributed by atoms with Crippen LogP contribution in [-0.2, 0) is 0 Å². The van der Waals surface area contributed by atoms with E-state index in [1.807, 2.05) is 0 Å². The first-order valence-corrected chi connectivity index (χ1v) is 7.05. The van der Waals surface area contributed by atoms with E-state index in [2.05, 4.69) is 38.0 Å². The van der Waals surface area contributed by atoms with Crippen LogP contribution in [0.25, 0.3) is 0 Å². The van der Waals surface area contributed by atoms with Gasteiger partial charge in [-0.05, 0) is 30.1 Å². The summed E-state index contributed by atoms with van der Waals surface area (Å²) in [6.07, 6.45) is 5.43. The Hall–Kier alpha value is -0.770. The van der Waals surface area contributed by atoms with Crippen LogP contribution in [-0.4, -0.2) is 11.0 Å². The fraction of sp³-hybridized carbons (Fsp3) is 0.769. The summed E-state index contributed by atoms with van der Waals surface area (Å²) >= 11 is 1.54. The molecule has 0 radical (unpaired) electrons. The van der Waals surface area contributed by atoms with Gasteiger partial charge in [0.15, 0.2) is 5.13 Å². The number of nitrogens with one attached hydrogen (secondary N) is 1. The summed E-state index contributed by atoms with van der Waals surface area (Å²) < 4.78 is 0. The van der Waals surface area contributed by atoms with Gasteiger partial charge in [-0.25, -0.2) is 4.98 Å². The molecule has 3 nitrogen and oxygen atoms in total. The summed E-state index contributed by atoms with van der Waals surface area (Å²) in [7, 11) is 0. The molecule has 0 aromatic carbocycles. The van der Waals surface area contributed by atoms with Crippen LogP contribution >= 0.6 is 11.3 Å². The van der Waals surface area contributed by atoms with E-state index in [1.165, 1.54) is 30.6 Å². The Labute approximate surface area is 108 Å². The number of hydrogen-bond acceptors (Lipinski definition) is 4. The molecule has 0 saturated heterocycles. The minimum absolute atomic E-state index is 0.405. The maximum absolute atomic E-state index is 5.71. The van der Waals surface area contributed by atoms with Crippen LogP contribution < -0.4 is 11.1 Å². The lowest BCUT2D eigenvalue weighted by Crippen LogP contribution is -2.40. The van der Waals surface area contributed by atoms with Crippen molar-refractivity contribution >= 4 is 21.5 Å². The standard InChI is InChI=1S/C13H23N3S/c1-12(2)5-9(6-13(3,4)8-12)16-11-15-7-10(14)17-11/h7,9H,5-6,8,14H2,1-4H3,(H,15,16). The first-order valence-electron chi connectivity index (χ1n) is 6.24. The van der Waals surface area contributed by atoms with Crippen molar-refractivity contribution < 1.29 is 0 Å². The summed E-state index contributed by atoms with van der Waals surface area (Å²) in [6, 6.07) is 0.513. The molecule has 1 aromatic rings. The third-order valence-corrected chi connectivity index (χ3v) is 4.16. The zero-order valence-corrected chi connectivity index (χ0v) is 12.0. The topological polar surface area (TPSA) is 50.9 Å². The van der Waals surface area contributed by atoms with Crippen LogP contribution in [0.5, 0.6) is 0 Å². The van der Waals surface area contributed by atoms with Gasteiger partial charge in [-0.3, -0.25) is 0 Å². The SMILES string of the molecule is CC1(C)CC(Nc2ncc(N)s2)CC(C)(C)C1. The molecule has 1 saturated carbocycles. The van der Waals surface area contributed by atoms with Gasteiger partial charge in [-0.2, -0.15) is 0 Å². The van der Waals surface area contributed by atoms with Crippen molar-refractivity contribution in [1.29, 1.82) is 0 Å². The Balaban J connectivity index is 2.06. The number of nitrogen functional groups attached to an aromatic ring is 1. The van der Waals surface area contributed by atoms with Crippen LogP contribution in [0.2, 0.25) is 0 Å². The summed E-state index contributed by atoms with van der Waals surface area (Å²) in [5, 5.41) is 5.28. The Morgan fingerprint density at radius 2 is 1.88 bits per heavy atom. The van der Waals surface area contributed by atoms with Gasteiger partial charge in [0.2, 0.25) is 0 Å². The van der Waals surface area contributed by atoms with Crippen molar-refractivity contribution in [3.8, 4) is 0 Å². The van der Waals surface area contributed by atoms with Crippen LogP contribution in [0.1, 0.15) is 47.0 Å². The molecule has 1 aliphatic rings. The summed E-state index contributed by atoms with van der Waals surface area (Å²) in [5.41, 5.74) is 6.52. The largest absolute Gasteiger partial charge is 0.389 e. The van der Waals surface area contributed by atoms with E-state index in [4.69, 9.17) is 5.73 Å². The molecule has 2 rings (SSSR count). The first-order chi connectivity index (χ1) is 7.76. The number of nitrogens with zero attached hydrogens (tertiary/aromatic N) is 1. The van der Waals surface area contributed by atoms with Crippen molar-refractivity contribution in [2.24, 2.45) is 10.8 Å². The lowest BCUT2D eigenvalue weighted by atomic mass is 9.63. The average molecular weight is 253 g/mol. The minimum Gasteiger partial charge on any atom is -0.389 e. The Morgan fingerprint density at radius 1 is 1.29 bits per heavy atom. The highest BCUT2D eigenvalue weighted by Gasteiger charge is 2.38. The summed E-state index contributed by atoms with van der Waals surface area (Å²) in [6.45, 7) is 9.44. The van der Waals surface area contributed by atoms with E-state index in [9.17, 15) is 0 Å². The molecule has 0 bridgehead atoms. The predicted molar refractivity (Wildman–Crippen MR) is 75.4 cm³/mol. The lowest BCUT2D eigenvalue weighted by molar-refractivity contribution is 0.105. The highest BCUT2D eigenvalue weighted by molar-refractivity contribution is 7.19. The highest BCUT2D eigenvalue weighted by atomic mass is 32.1. The molecule has 0 aliphatic heterocycles. The molecule has 0 amide bonds. The third kappa shape index (κ3) is 3.35. The summed E-state index contributed by atoms with van der Waals surface area (Å²) in [4.78, 5) is 4.29. The Kier molecular flexibility index (Phi) is 3.10. The molecule has 0 unspecified atom stereocenters. The van der Waals surface area contributed by atoms with Gasteiger partial charge >= 0.3 is 0 Å². The van der Waals surface area contributed by atoms with Gasteiger partial charge in [0, 0.05) is 6.04 Å². The molecule has 3 N–H and O–H groups in total. The van der Waals surface area contributed by atoms with E-state index < -0.39 is 0 Å². The first kappa shape index (κ1) is 12.7. The number of rotatable bonds is 2. The van der Waals surface area contributed by atoms with E-state index >= 15 is 0 Å². The van der Waals surface area contributed by atoms with Crippen LogP contribution in [0.4, 0.5) is 10.1 Å². The molecule has 1 aromatic heterocycles. The quantitative estimate of drug-likeness (QED) is 0.844. The zero-order chi connectivity index (χ0) is 12.7. The van der Waals surface area contributed by atoms with E-state index in [0.717, 1.165) is 10.1 Å². The number of anilines is 2. The average Bonchev–Trinajstić information content (AvgIpc) is 2.44. The fourth-order valence-corrected chi connectivity index (χ4v) is 4.14. The van der Waals surface area contributed by atoms with Gasteiger partial charge in [0.05, 0.1) is 6.20 Å². The molecule has 1 aliphatic carbocycles. The molecular weight excluding hydrogens is 230 g/mol. The van der Waals surface area contributed by atoms with Gasteiger partial charge < -0.3 is 11.1 Å². The molecule has 96 valence electrons. The second-order valence-corrected chi connectivity index (χ2v) is 7.88. The number of nitrogens with two attached hydrogens (primary N) is 1. The number of aromatic nitrogens is 1. The van der Waals surface area contributed by atoms with E-state index in [0.29, 0.717) is 16.9 Å². The molecule has 1 fully saturated rings. The van der Waals surface area contributed by atoms with Gasteiger partial charge in [-0.15, -0.1) is 0 Å². The smallest absolute Gasteiger partial charge is 0.184 e. The molecule has 4 heteroatoms. The van der Waals surface area contributed by atoms with Gasteiger partial charge in [0.25, 0.3) is 0 Å². The van der Waals surface area contributed by atoms with E-state index in [-0.39, 0.29) is 0 Å². The maximum atomic E-state index is 5.71. The second kappa shape index (κ2) is 4.16. The van der Waals surface area contributed by atoms with Crippen molar-refractivity contribution in [3.05, 3.63) is 6.20 Å². The van der Waals surface area contributed by atoms with Crippen molar-refractivity contribution in [3.63, 3.8) is 0 Å². The van der Waals surface area contributed by atoms with Crippen LogP contribution in [0.3, 0.4) is 0 Å². The summed E-state index contributed by atoms with van der Waals surface area (Å²) in [5.74, 6) is 0. The highest BCUT2D eigenvalue weighted by Crippen LogP contribution is 2.46. The maximum Gasteiger partial charge on any atom is 0.184 e. The van der Waals surface area contributed by atoms with Crippen LogP contribution in [0.15, 0.2) is 6.20 Å². The second-order valence-electron chi connectivity index (χ2n) is 6.82. The molecule has 1 heterocycles. The molecular formula is C13H23N3S. The van der Waals surface area contributed by atoms with Crippen molar-refractivity contribution in [1.82, 2.24) is 4.98 Å². The fourth-order valence-electron chi connectivity index (χ4n) is 3.48. The Morgan fingerprint density at radius 3 is 2.35 bits per heavy atom. The number of thiazole rings is 1. The predicted octanol–water partition coefficient (Wildman–Crippen LogP) is 3.74. The monoisotopic (exact) mass is 253 g/mol. The molecule has 17 heavy (non-hydrogen) atoms. The van der Waals surface area contributed by atoms with Crippen molar-refractivity contribution in [2.45, 2.75) is 53.0 Å². The molecule has 0 atom stereocenters. The minimum atomic E-state index is 0.405. The van der Waals surface area contributed by atoms with Gasteiger partial charge in [0.1, 0.15) is 5.00 Å². The van der Waals surface area contributed by atoms with Gasteiger partial charge in [-0.1, -0.05) is 39.0 Å². The van der Waals surface area contributed by atoms with Crippen LogP contribution in [0, 0.1) is 10.8 Å². The zero-order valence-electron chi connectivity index (χ0n) is 11.2. The molecule has 0 spiro atoms. The third-order valence-electron chi connectivity index (χ3n) is 3.41. The van der Waals surface area contributed by atoms with Crippen molar-refractivity contribution in [2.75, 3.05) is 11.1 Å². The number of hydrogen-bond donors (Lipinski definition) is 2. The lowest BCUT2D eigenvalue weighted by Gasteiger charge is -2.45.